The van der Waals surface area contributed by atoms with Gasteiger partial charge in [0.25, 0.3) is 0 Å². The van der Waals surface area contributed by atoms with Gasteiger partial charge in [-0.05, 0) is 17.9 Å². The highest BCUT2D eigenvalue weighted by atomic mass is 15.3. The number of nitrogens with zero attached hydrogens (tertiary/aromatic N) is 3. The Morgan fingerprint density at radius 1 is 1.10 bits per heavy atom. The Hall–Kier alpha value is -2.17. The first-order valence-corrected chi connectivity index (χ1v) is 6.95. The quantitative estimate of drug-likeness (QED) is 0.810. The molecule has 106 valence electrons. The smallest absolute Gasteiger partial charge is 0.244 e. The summed E-state index contributed by atoms with van der Waals surface area (Å²) < 4.78 is 0. The molecule has 0 aliphatic heterocycles. The van der Waals surface area contributed by atoms with Crippen molar-refractivity contribution in [2.75, 3.05) is 17.2 Å². The second-order valence-electron chi connectivity index (χ2n) is 5.11. The van der Waals surface area contributed by atoms with E-state index in [1.54, 1.807) is 6.20 Å². The molecule has 0 spiro atoms. The fraction of sp³-hybridized carbons (Fsp3) is 0.400. The fourth-order valence-electron chi connectivity index (χ4n) is 1.73. The molecule has 0 amide bonds. The average Bonchev–Trinajstić information content (AvgIpc) is 2.46. The van der Waals surface area contributed by atoms with E-state index in [4.69, 9.17) is 0 Å². The Morgan fingerprint density at radius 2 is 1.90 bits per heavy atom. The predicted octanol–water partition coefficient (Wildman–Crippen LogP) is 2.94. The first-order valence-electron chi connectivity index (χ1n) is 6.95. The summed E-state index contributed by atoms with van der Waals surface area (Å²) in [4.78, 5) is 4.39. The highest BCUT2D eigenvalue weighted by Gasteiger charge is 2.01. The number of hydrogen-bond acceptors (Lipinski definition) is 5. The van der Waals surface area contributed by atoms with Gasteiger partial charge in [0.1, 0.15) is 5.82 Å². The van der Waals surface area contributed by atoms with Crippen LogP contribution in [0.3, 0.4) is 0 Å². The largest absolute Gasteiger partial charge is 0.369 e. The predicted molar refractivity (Wildman–Crippen MR) is 81.5 cm³/mol. The van der Waals surface area contributed by atoms with Crippen LogP contribution in [0.4, 0.5) is 11.8 Å². The van der Waals surface area contributed by atoms with Crippen molar-refractivity contribution in [3.8, 4) is 0 Å². The molecule has 0 atom stereocenters. The van der Waals surface area contributed by atoms with Crippen LogP contribution in [0.1, 0.15) is 25.8 Å². The van der Waals surface area contributed by atoms with Gasteiger partial charge < -0.3 is 10.6 Å². The normalized spacial score (nSPS) is 10.6. The van der Waals surface area contributed by atoms with Crippen molar-refractivity contribution in [3.05, 3.63) is 42.1 Å². The summed E-state index contributed by atoms with van der Waals surface area (Å²) in [5, 5.41) is 14.4. The van der Waals surface area contributed by atoms with Crippen molar-refractivity contribution in [3.63, 3.8) is 0 Å². The lowest BCUT2D eigenvalue weighted by molar-refractivity contribution is 0.606. The lowest BCUT2D eigenvalue weighted by Crippen LogP contribution is -2.10. The standard InChI is InChI=1S/C15H21N5/c1-12(2)8-9-16-14-11-18-20-15(19-14)17-10-13-6-4-3-5-7-13/h3-7,11-12H,8-10H2,1-2H3,(H2,16,17,19,20). The molecular formula is C15H21N5. The number of nitrogens with one attached hydrogen (secondary N) is 2. The van der Waals surface area contributed by atoms with Gasteiger partial charge >= 0.3 is 0 Å². The minimum atomic E-state index is 0.545. The van der Waals surface area contributed by atoms with Crippen molar-refractivity contribution in [1.29, 1.82) is 0 Å². The first-order chi connectivity index (χ1) is 9.74. The number of rotatable bonds is 7. The number of hydrogen-bond donors (Lipinski definition) is 2. The first kappa shape index (κ1) is 14.2. The number of anilines is 2. The maximum absolute atomic E-state index is 4.39. The van der Waals surface area contributed by atoms with Crippen LogP contribution in [-0.2, 0) is 6.54 Å². The molecular weight excluding hydrogens is 250 g/mol. The molecule has 1 heterocycles. The SMILES string of the molecule is CC(C)CCNc1cnnc(NCc2ccccc2)n1. The van der Waals surface area contributed by atoms with Crippen LogP contribution in [0.2, 0.25) is 0 Å². The Kier molecular flexibility index (Phi) is 5.29. The molecule has 0 aliphatic rings. The van der Waals surface area contributed by atoms with Crippen molar-refractivity contribution in [1.82, 2.24) is 15.2 Å². The molecule has 0 fully saturated rings. The van der Waals surface area contributed by atoms with Crippen molar-refractivity contribution >= 4 is 11.8 Å². The second kappa shape index (κ2) is 7.43. The van der Waals surface area contributed by atoms with Gasteiger partial charge in [0, 0.05) is 13.1 Å². The summed E-state index contributed by atoms with van der Waals surface area (Å²) in [6.45, 7) is 5.99. The van der Waals surface area contributed by atoms with Crippen LogP contribution in [0, 0.1) is 5.92 Å². The number of aromatic nitrogens is 3. The van der Waals surface area contributed by atoms with Gasteiger partial charge in [0.05, 0.1) is 6.20 Å². The van der Waals surface area contributed by atoms with Crippen molar-refractivity contribution in [2.45, 2.75) is 26.8 Å². The summed E-state index contributed by atoms with van der Waals surface area (Å²) in [5.41, 5.74) is 1.19. The molecule has 0 saturated heterocycles. The minimum Gasteiger partial charge on any atom is -0.369 e. The summed E-state index contributed by atoms with van der Waals surface area (Å²) in [6.07, 6.45) is 2.75. The van der Waals surface area contributed by atoms with Gasteiger partial charge in [-0.15, -0.1) is 5.10 Å². The Labute approximate surface area is 119 Å². The highest BCUT2D eigenvalue weighted by molar-refractivity contribution is 5.37. The molecule has 20 heavy (non-hydrogen) atoms. The van der Waals surface area contributed by atoms with Gasteiger partial charge in [0.2, 0.25) is 5.95 Å². The van der Waals surface area contributed by atoms with Gasteiger partial charge in [-0.3, -0.25) is 0 Å². The maximum Gasteiger partial charge on any atom is 0.244 e. The van der Waals surface area contributed by atoms with E-state index in [0.29, 0.717) is 18.4 Å². The fourth-order valence-corrected chi connectivity index (χ4v) is 1.73. The third kappa shape index (κ3) is 4.84. The third-order valence-electron chi connectivity index (χ3n) is 2.88. The molecule has 0 saturated carbocycles. The van der Waals surface area contributed by atoms with E-state index >= 15 is 0 Å². The van der Waals surface area contributed by atoms with Crippen molar-refractivity contribution in [2.24, 2.45) is 5.92 Å². The third-order valence-corrected chi connectivity index (χ3v) is 2.88. The monoisotopic (exact) mass is 271 g/mol. The van der Waals surface area contributed by atoms with Gasteiger partial charge in [0.15, 0.2) is 0 Å². The molecule has 5 nitrogen and oxygen atoms in total. The van der Waals surface area contributed by atoms with Gasteiger partial charge in [-0.1, -0.05) is 44.2 Å². The molecule has 5 heteroatoms. The Balaban J connectivity index is 1.86. The lowest BCUT2D eigenvalue weighted by Gasteiger charge is -2.08. The average molecular weight is 271 g/mol. The molecule has 1 aromatic carbocycles. The van der Waals surface area contributed by atoms with E-state index in [9.17, 15) is 0 Å². The van der Waals surface area contributed by atoms with Crippen molar-refractivity contribution < 1.29 is 0 Å². The molecule has 0 radical (unpaired) electrons. The molecule has 2 N–H and O–H groups in total. The number of benzene rings is 1. The summed E-state index contributed by atoms with van der Waals surface area (Å²) >= 11 is 0. The maximum atomic E-state index is 4.39. The van der Waals surface area contributed by atoms with Gasteiger partial charge in [-0.2, -0.15) is 10.1 Å². The van der Waals surface area contributed by atoms with Crippen LogP contribution in [0.25, 0.3) is 0 Å². The van der Waals surface area contributed by atoms with Crippen LogP contribution >= 0.6 is 0 Å². The van der Waals surface area contributed by atoms with Crippen LogP contribution in [0.15, 0.2) is 36.5 Å². The van der Waals surface area contributed by atoms with E-state index in [2.05, 4.69) is 51.8 Å². The molecule has 0 bridgehead atoms. The van der Waals surface area contributed by atoms with Crippen LogP contribution < -0.4 is 10.6 Å². The van der Waals surface area contributed by atoms with Gasteiger partial charge in [-0.25, -0.2) is 0 Å². The summed E-state index contributed by atoms with van der Waals surface area (Å²) in [5.74, 6) is 1.98. The van der Waals surface area contributed by atoms with E-state index in [-0.39, 0.29) is 0 Å². The molecule has 0 unspecified atom stereocenters. The molecule has 1 aromatic heterocycles. The Bertz CT molecular complexity index is 513. The van der Waals surface area contributed by atoms with Crippen LogP contribution in [-0.4, -0.2) is 21.7 Å². The zero-order valence-corrected chi connectivity index (χ0v) is 12.0. The van der Waals surface area contributed by atoms with Crippen LogP contribution in [0.5, 0.6) is 0 Å². The minimum absolute atomic E-state index is 0.545. The summed E-state index contributed by atoms with van der Waals surface area (Å²) in [7, 11) is 0. The van der Waals surface area contributed by atoms with E-state index in [1.165, 1.54) is 5.56 Å². The van der Waals surface area contributed by atoms with E-state index < -0.39 is 0 Å². The van der Waals surface area contributed by atoms with E-state index in [1.807, 2.05) is 18.2 Å². The highest BCUT2D eigenvalue weighted by Crippen LogP contribution is 2.07. The second-order valence-corrected chi connectivity index (χ2v) is 5.11. The molecule has 2 aromatic rings. The molecule has 0 aliphatic carbocycles. The zero-order valence-electron chi connectivity index (χ0n) is 12.0. The molecule has 2 rings (SSSR count). The summed E-state index contributed by atoms with van der Waals surface area (Å²) in [6, 6.07) is 10.1. The Morgan fingerprint density at radius 3 is 2.65 bits per heavy atom. The van der Waals surface area contributed by atoms with E-state index in [0.717, 1.165) is 18.8 Å². The lowest BCUT2D eigenvalue weighted by atomic mass is 10.1. The topological polar surface area (TPSA) is 62.7 Å². The zero-order chi connectivity index (χ0) is 14.2.